The van der Waals surface area contributed by atoms with E-state index in [9.17, 15) is 8.42 Å². The van der Waals surface area contributed by atoms with Crippen LogP contribution >= 0.6 is 0 Å². The molecule has 0 aliphatic carbocycles. The molecule has 0 amide bonds. The van der Waals surface area contributed by atoms with Crippen LogP contribution in [0.4, 0.5) is 0 Å². The summed E-state index contributed by atoms with van der Waals surface area (Å²) in [5, 5.41) is 0. The largest absolute Gasteiger partial charge is 0.385 e. The van der Waals surface area contributed by atoms with Crippen LogP contribution in [0.3, 0.4) is 0 Å². The summed E-state index contributed by atoms with van der Waals surface area (Å²) in [4.78, 5) is 0. The lowest BCUT2D eigenvalue weighted by Crippen LogP contribution is -2.48. The Hall–Kier alpha value is -0.170. The first-order chi connectivity index (χ1) is 7.61. The number of nitrogens with two attached hydrogens (primary N) is 1. The van der Waals surface area contributed by atoms with Crippen LogP contribution in [0, 0.1) is 0 Å². The van der Waals surface area contributed by atoms with Crippen LogP contribution in [0.1, 0.15) is 25.7 Å². The minimum atomic E-state index is -3.14. The van der Waals surface area contributed by atoms with Crippen molar-refractivity contribution in [1.82, 2.24) is 4.31 Å². The Kier molecular flexibility index (Phi) is 5.68. The molecule has 1 fully saturated rings. The van der Waals surface area contributed by atoms with Crippen molar-refractivity contribution >= 4 is 10.0 Å². The Morgan fingerprint density at radius 1 is 1.44 bits per heavy atom. The molecular weight excluding hydrogens is 228 g/mol. The van der Waals surface area contributed by atoms with Gasteiger partial charge >= 0.3 is 0 Å². The highest BCUT2D eigenvalue weighted by molar-refractivity contribution is 7.89. The van der Waals surface area contributed by atoms with Crippen LogP contribution in [0.15, 0.2) is 0 Å². The van der Waals surface area contributed by atoms with E-state index in [1.54, 1.807) is 11.4 Å². The molecule has 0 aromatic heterocycles. The first kappa shape index (κ1) is 13.9. The highest BCUT2D eigenvalue weighted by atomic mass is 32.2. The molecule has 1 aliphatic rings. The third-order valence-corrected chi connectivity index (χ3v) is 4.95. The normalized spacial score (nSPS) is 23.5. The fraction of sp³-hybridized carbons (Fsp3) is 1.00. The van der Waals surface area contributed by atoms with Gasteiger partial charge in [-0.25, -0.2) is 8.42 Å². The van der Waals surface area contributed by atoms with E-state index < -0.39 is 10.0 Å². The lowest BCUT2D eigenvalue weighted by atomic mass is 10.1. The molecule has 0 spiro atoms. The van der Waals surface area contributed by atoms with Crippen LogP contribution in [0.5, 0.6) is 0 Å². The maximum atomic E-state index is 12.0. The predicted molar refractivity (Wildman–Crippen MR) is 63.7 cm³/mol. The van der Waals surface area contributed by atoms with Crippen molar-refractivity contribution in [3.05, 3.63) is 0 Å². The molecule has 0 radical (unpaired) electrons. The van der Waals surface area contributed by atoms with Crippen molar-refractivity contribution in [2.45, 2.75) is 31.7 Å². The molecule has 2 N–H and O–H groups in total. The summed E-state index contributed by atoms with van der Waals surface area (Å²) in [5.41, 5.74) is 5.61. The fourth-order valence-corrected chi connectivity index (χ4v) is 3.85. The van der Waals surface area contributed by atoms with Crippen molar-refractivity contribution < 1.29 is 13.2 Å². The van der Waals surface area contributed by atoms with Crippen LogP contribution in [-0.2, 0) is 14.8 Å². The van der Waals surface area contributed by atoms with E-state index in [2.05, 4.69) is 0 Å². The number of hydrogen-bond acceptors (Lipinski definition) is 4. The van der Waals surface area contributed by atoms with Gasteiger partial charge in [-0.3, -0.25) is 0 Å². The molecule has 96 valence electrons. The van der Waals surface area contributed by atoms with Gasteiger partial charge in [0.25, 0.3) is 0 Å². The summed E-state index contributed by atoms with van der Waals surface area (Å²) in [7, 11) is -1.56. The molecule has 16 heavy (non-hydrogen) atoms. The number of methoxy groups -OCH3 is 1. The van der Waals surface area contributed by atoms with Gasteiger partial charge in [-0.15, -0.1) is 0 Å². The van der Waals surface area contributed by atoms with Crippen LogP contribution in [0.25, 0.3) is 0 Å². The highest BCUT2D eigenvalue weighted by Gasteiger charge is 2.30. The van der Waals surface area contributed by atoms with Gasteiger partial charge in [0.2, 0.25) is 10.0 Å². The highest BCUT2D eigenvalue weighted by Crippen LogP contribution is 2.20. The number of sulfonamides is 1. The molecule has 1 aliphatic heterocycles. The summed E-state index contributed by atoms with van der Waals surface area (Å²) in [5.74, 6) is 0.164. The smallest absolute Gasteiger partial charge is 0.214 e. The van der Waals surface area contributed by atoms with Gasteiger partial charge in [0.15, 0.2) is 0 Å². The number of nitrogens with zero attached hydrogens (tertiary/aromatic N) is 1. The molecule has 0 aromatic rings. The van der Waals surface area contributed by atoms with Crippen molar-refractivity contribution in [2.24, 2.45) is 5.73 Å². The van der Waals surface area contributed by atoms with E-state index in [1.807, 2.05) is 0 Å². The molecule has 0 saturated carbocycles. The Morgan fingerprint density at radius 3 is 2.81 bits per heavy atom. The van der Waals surface area contributed by atoms with Gasteiger partial charge in [-0.05, 0) is 19.3 Å². The van der Waals surface area contributed by atoms with Crippen LogP contribution < -0.4 is 5.73 Å². The lowest BCUT2D eigenvalue weighted by Gasteiger charge is -2.33. The second kappa shape index (κ2) is 6.54. The Labute approximate surface area is 98.0 Å². The monoisotopic (exact) mass is 250 g/mol. The van der Waals surface area contributed by atoms with Gasteiger partial charge in [0, 0.05) is 32.8 Å². The Bertz CT molecular complexity index is 292. The van der Waals surface area contributed by atoms with Gasteiger partial charge in [-0.1, -0.05) is 6.42 Å². The van der Waals surface area contributed by atoms with E-state index in [-0.39, 0.29) is 11.8 Å². The maximum absolute atomic E-state index is 12.0. The molecule has 6 heteroatoms. The quantitative estimate of drug-likeness (QED) is 0.682. The van der Waals surface area contributed by atoms with E-state index in [4.69, 9.17) is 10.5 Å². The average molecular weight is 250 g/mol. The lowest BCUT2D eigenvalue weighted by molar-refractivity contribution is 0.198. The molecule has 1 rings (SSSR count). The molecule has 1 atom stereocenters. The Balaban J connectivity index is 2.57. The standard InChI is InChI=1S/C10H22N2O3S/c1-15-7-4-8-16(13,14)12-6-3-2-5-10(12)9-11/h10H,2-9,11H2,1H3. The topological polar surface area (TPSA) is 72.6 Å². The molecular formula is C10H22N2O3S. The SMILES string of the molecule is COCCCS(=O)(=O)N1CCCCC1CN. The van der Waals surface area contributed by atoms with Crippen molar-refractivity contribution in [3.63, 3.8) is 0 Å². The van der Waals surface area contributed by atoms with E-state index in [0.29, 0.717) is 26.1 Å². The summed E-state index contributed by atoms with van der Waals surface area (Å²) in [6.45, 7) is 1.53. The molecule has 5 nitrogen and oxygen atoms in total. The summed E-state index contributed by atoms with van der Waals surface area (Å²) in [6.07, 6.45) is 3.46. The first-order valence-corrected chi connectivity index (χ1v) is 7.41. The molecule has 1 heterocycles. The summed E-state index contributed by atoms with van der Waals surface area (Å²) < 4.78 is 30.5. The third-order valence-electron chi connectivity index (χ3n) is 2.95. The second-order valence-corrected chi connectivity index (χ2v) is 6.20. The number of ether oxygens (including phenoxy) is 1. The van der Waals surface area contributed by atoms with Gasteiger partial charge in [0.05, 0.1) is 5.75 Å². The zero-order valence-electron chi connectivity index (χ0n) is 9.89. The number of hydrogen-bond donors (Lipinski definition) is 1. The minimum Gasteiger partial charge on any atom is -0.385 e. The fourth-order valence-electron chi connectivity index (χ4n) is 2.08. The summed E-state index contributed by atoms with van der Waals surface area (Å²) in [6, 6.07) is 0.00120. The first-order valence-electron chi connectivity index (χ1n) is 5.80. The second-order valence-electron chi connectivity index (χ2n) is 4.16. The zero-order valence-corrected chi connectivity index (χ0v) is 10.7. The van der Waals surface area contributed by atoms with Gasteiger partial charge in [-0.2, -0.15) is 4.31 Å². The zero-order chi connectivity index (χ0) is 12.0. The minimum absolute atomic E-state index is 0.00120. The maximum Gasteiger partial charge on any atom is 0.214 e. The summed E-state index contributed by atoms with van der Waals surface area (Å²) >= 11 is 0. The van der Waals surface area contributed by atoms with Crippen molar-refractivity contribution in [1.29, 1.82) is 0 Å². The van der Waals surface area contributed by atoms with Gasteiger partial charge in [0.1, 0.15) is 0 Å². The number of piperidine rings is 1. The van der Waals surface area contributed by atoms with Crippen molar-refractivity contribution in [2.75, 3.05) is 32.6 Å². The van der Waals surface area contributed by atoms with Crippen LogP contribution in [-0.4, -0.2) is 51.3 Å². The van der Waals surface area contributed by atoms with Crippen LogP contribution in [0.2, 0.25) is 0 Å². The van der Waals surface area contributed by atoms with E-state index >= 15 is 0 Å². The molecule has 0 bridgehead atoms. The molecule has 1 saturated heterocycles. The average Bonchev–Trinajstić information content (AvgIpc) is 2.29. The van der Waals surface area contributed by atoms with E-state index in [1.165, 1.54) is 0 Å². The van der Waals surface area contributed by atoms with E-state index in [0.717, 1.165) is 19.3 Å². The number of rotatable bonds is 6. The molecule has 0 aromatic carbocycles. The van der Waals surface area contributed by atoms with Crippen molar-refractivity contribution in [3.8, 4) is 0 Å². The Morgan fingerprint density at radius 2 is 2.19 bits per heavy atom. The molecule has 1 unspecified atom stereocenters. The van der Waals surface area contributed by atoms with Gasteiger partial charge < -0.3 is 10.5 Å². The predicted octanol–water partition coefficient (Wildman–Crippen LogP) is 0.166. The third kappa shape index (κ3) is 3.69.